The molecule has 3 aromatic carbocycles. The number of aliphatic hydroxyl groups is 1. The van der Waals surface area contributed by atoms with Gasteiger partial charge in [-0.3, -0.25) is 14.5 Å². The minimum atomic E-state index is -0.978. The molecular weight excluding hydrogens is 500 g/mol. The zero-order chi connectivity index (χ0) is 24.0. The van der Waals surface area contributed by atoms with Crippen LogP contribution in [0.15, 0.2) is 93.0 Å². The number of nitrogens with zero attached hydrogens (tertiary/aromatic N) is 2. The number of carbonyl (C=O) groups excluding carboxylic acids is 2. The fourth-order valence-electron chi connectivity index (χ4n) is 4.03. The number of hydrogen-bond acceptors (Lipinski definition) is 6. The highest BCUT2D eigenvalue weighted by atomic mass is 79.9. The summed E-state index contributed by atoms with van der Waals surface area (Å²) >= 11 is 3.38. The molecule has 1 atom stereocenters. The Bertz CT molecular complexity index is 1530. The van der Waals surface area contributed by atoms with Crippen LogP contribution >= 0.6 is 15.9 Å². The summed E-state index contributed by atoms with van der Waals surface area (Å²) in [5.41, 5.74) is 1.64. The first-order chi connectivity index (χ1) is 16.4. The highest BCUT2D eigenvalue weighted by Gasteiger charge is 2.45. The molecule has 7 nitrogen and oxygen atoms in total. The fraction of sp³-hybridized carbons (Fsp3) is 0.0385. The van der Waals surface area contributed by atoms with E-state index in [4.69, 9.17) is 9.68 Å². The number of aliphatic hydroxyl groups excluding tert-OH is 1. The van der Waals surface area contributed by atoms with Gasteiger partial charge in [-0.2, -0.15) is 5.26 Å². The van der Waals surface area contributed by atoms with E-state index in [1.807, 2.05) is 6.07 Å². The number of aromatic hydroxyl groups is 1. The van der Waals surface area contributed by atoms with E-state index < -0.39 is 23.5 Å². The molecule has 1 unspecified atom stereocenters. The molecule has 1 aromatic heterocycles. The number of furan rings is 1. The summed E-state index contributed by atoms with van der Waals surface area (Å²) in [7, 11) is 0. The monoisotopic (exact) mass is 514 g/mol. The van der Waals surface area contributed by atoms with E-state index in [0.717, 1.165) is 4.47 Å². The van der Waals surface area contributed by atoms with Crippen LogP contribution in [0.5, 0.6) is 5.75 Å². The third-order valence-electron chi connectivity index (χ3n) is 5.64. The lowest BCUT2D eigenvalue weighted by Crippen LogP contribution is -2.31. The molecular formula is C26H15BrN2O5. The summed E-state index contributed by atoms with van der Waals surface area (Å²) in [4.78, 5) is 28.1. The standard InChI is InChI=1S/C26H15BrN2O5/c27-17-5-10-20-16(11-17)12-21(34-20)24(31)22-23(15-3-8-19(30)9-4-15)29(26(33)25(22)32)18-6-1-14(13-28)2-7-18/h1-12,23,30,32H. The molecule has 0 bridgehead atoms. The largest absolute Gasteiger partial charge is 0.508 e. The summed E-state index contributed by atoms with van der Waals surface area (Å²) < 4.78 is 6.55. The predicted octanol–water partition coefficient (Wildman–Crippen LogP) is 5.56. The molecule has 2 heterocycles. The van der Waals surface area contributed by atoms with Crippen molar-refractivity contribution >= 4 is 44.3 Å². The summed E-state index contributed by atoms with van der Waals surface area (Å²) in [6, 6.07) is 20.2. The second kappa shape index (κ2) is 8.21. The van der Waals surface area contributed by atoms with Crippen LogP contribution in [0.4, 0.5) is 5.69 Å². The Balaban J connectivity index is 1.65. The third kappa shape index (κ3) is 3.52. The molecule has 8 heteroatoms. The van der Waals surface area contributed by atoms with E-state index in [9.17, 15) is 19.8 Å². The first kappa shape index (κ1) is 21.5. The summed E-state index contributed by atoms with van der Waals surface area (Å²) in [5, 5.41) is 30.4. The molecule has 34 heavy (non-hydrogen) atoms. The Hall–Kier alpha value is -4.35. The zero-order valence-electron chi connectivity index (χ0n) is 17.4. The second-order valence-corrected chi connectivity index (χ2v) is 8.63. The highest BCUT2D eigenvalue weighted by molar-refractivity contribution is 9.10. The number of rotatable bonds is 4. The van der Waals surface area contributed by atoms with E-state index in [1.165, 1.54) is 17.0 Å². The number of benzene rings is 3. The van der Waals surface area contributed by atoms with E-state index in [2.05, 4.69) is 15.9 Å². The Morgan fingerprint density at radius 1 is 1.00 bits per heavy atom. The van der Waals surface area contributed by atoms with Gasteiger partial charge in [-0.25, -0.2) is 0 Å². The van der Waals surface area contributed by atoms with Gasteiger partial charge in [0.2, 0.25) is 5.78 Å². The molecule has 0 aliphatic carbocycles. The van der Waals surface area contributed by atoms with Gasteiger partial charge < -0.3 is 14.6 Å². The lowest BCUT2D eigenvalue weighted by molar-refractivity contribution is -0.117. The molecule has 0 fully saturated rings. The minimum absolute atomic E-state index is 0.0157. The maximum Gasteiger partial charge on any atom is 0.294 e. The number of halogens is 1. The quantitative estimate of drug-likeness (QED) is 0.344. The van der Waals surface area contributed by atoms with Gasteiger partial charge in [-0.05, 0) is 66.2 Å². The van der Waals surface area contributed by atoms with Crippen molar-refractivity contribution in [3.05, 3.63) is 105 Å². The molecule has 4 aromatic rings. The van der Waals surface area contributed by atoms with E-state index in [0.29, 0.717) is 27.8 Å². The number of phenols is 1. The van der Waals surface area contributed by atoms with Gasteiger partial charge in [0.15, 0.2) is 11.5 Å². The number of amides is 1. The molecule has 0 saturated carbocycles. The van der Waals surface area contributed by atoms with Crippen molar-refractivity contribution in [3.63, 3.8) is 0 Å². The summed E-state index contributed by atoms with van der Waals surface area (Å²) in [6.07, 6.45) is 0. The summed E-state index contributed by atoms with van der Waals surface area (Å²) in [6.45, 7) is 0. The average Bonchev–Trinajstić information content (AvgIpc) is 3.38. The number of anilines is 1. The van der Waals surface area contributed by atoms with E-state index >= 15 is 0 Å². The molecule has 166 valence electrons. The second-order valence-electron chi connectivity index (χ2n) is 7.71. The van der Waals surface area contributed by atoms with Crippen LogP contribution in [0.1, 0.15) is 27.7 Å². The van der Waals surface area contributed by atoms with Gasteiger partial charge in [0.05, 0.1) is 23.2 Å². The predicted molar refractivity (Wildman–Crippen MR) is 127 cm³/mol. The molecule has 5 rings (SSSR count). The van der Waals surface area contributed by atoms with Gasteiger partial charge in [0, 0.05) is 15.5 Å². The first-order valence-corrected chi connectivity index (χ1v) is 11.0. The Morgan fingerprint density at radius 3 is 2.38 bits per heavy atom. The molecule has 2 N–H and O–H groups in total. The lowest BCUT2D eigenvalue weighted by Gasteiger charge is -2.26. The molecule has 1 aliphatic heterocycles. The van der Waals surface area contributed by atoms with E-state index in [-0.39, 0.29) is 17.1 Å². The molecule has 0 spiro atoms. The minimum Gasteiger partial charge on any atom is -0.508 e. The van der Waals surface area contributed by atoms with Gasteiger partial charge in [0.25, 0.3) is 5.91 Å². The number of carbonyl (C=O) groups is 2. The SMILES string of the molecule is N#Cc1ccc(N2C(=O)C(O)=C(C(=O)c3cc4cc(Br)ccc4o3)C2c2ccc(O)cc2)cc1. The Morgan fingerprint density at radius 2 is 1.71 bits per heavy atom. The first-order valence-electron chi connectivity index (χ1n) is 10.2. The fourth-order valence-corrected chi connectivity index (χ4v) is 4.41. The number of Topliss-reactive ketones (excluding diaryl/α,β-unsaturated/α-hetero) is 1. The molecule has 1 aliphatic rings. The normalized spacial score (nSPS) is 15.7. The van der Waals surface area contributed by atoms with Crippen molar-refractivity contribution in [1.82, 2.24) is 0 Å². The van der Waals surface area contributed by atoms with Gasteiger partial charge in [0.1, 0.15) is 11.3 Å². The van der Waals surface area contributed by atoms with Gasteiger partial charge in [-0.15, -0.1) is 0 Å². The number of fused-ring (bicyclic) bond motifs is 1. The van der Waals surface area contributed by atoms with Crippen LogP contribution in [0, 0.1) is 11.3 Å². The number of phenolic OH excluding ortho intramolecular Hbond substituents is 1. The van der Waals surface area contributed by atoms with Crippen LogP contribution in [0.25, 0.3) is 11.0 Å². The smallest absolute Gasteiger partial charge is 0.294 e. The van der Waals surface area contributed by atoms with Crippen molar-refractivity contribution in [2.75, 3.05) is 4.90 Å². The van der Waals surface area contributed by atoms with Crippen LogP contribution in [0.2, 0.25) is 0 Å². The maximum absolute atomic E-state index is 13.6. The average molecular weight is 515 g/mol. The third-order valence-corrected chi connectivity index (χ3v) is 6.13. The maximum atomic E-state index is 13.6. The zero-order valence-corrected chi connectivity index (χ0v) is 19.0. The Labute approximate surface area is 201 Å². The lowest BCUT2D eigenvalue weighted by atomic mass is 9.94. The Kier molecular flexibility index (Phi) is 5.19. The van der Waals surface area contributed by atoms with Crippen molar-refractivity contribution < 1.29 is 24.2 Å². The molecule has 1 amide bonds. The number of nitriles is 1. The summed E-state index contributed by atoms with van der Waals surface area (Å²) in [5.74, 6) is -2.08. The van der Waals surface area contributed by atoms with E-state index in [1.54, 1.807) is 60.7 Å². The van der Waals surface area contributed by atoms with Crippen LogP contribution in [0.3, 0.4) is 0 Å². The van der Waals surface area contributed by atoms with Crippen molar-refractivity contribution in [2.24, 2.45) is 0 Å². The van der Waals surface area contributed by atoms with Gasteiger partial charge >= 0.3 is 0 Å². The highest BCUT2D eigenvalue weighted by Crippen LogP contribution is 2.42. The van der Waals surface area contributed by atoms with Crippen LogP contribution in [-0.4, -0.2) is 21.9 Å². The van der Waals surface area contributed by atoms with Gasteiger partial charge in [-0.1, -0.05) is 28.1 Å². The van der Waals surface area contributed by atoms with Crippen molar-refractivity contribution in [3.8, 4) is 11.8 Å². The number of ketones is 1. The van der Waals surface area contributed by atoms with Crippen LogP contribution < -0.4 is 4.90 Å². The van der Waals surface area contributed by atoms with Crippen molar-refractivity contribution in [1.29, 1.82) is 5.26 Å². The molecule has 0 radical (unpaired) electrons. The number of hydrogen-bond donors (Lipinski definition) is 2. The van der Waals surface area contributed by atoms with Crippen molar-refractivity contribution in [2.45, 2.75) is 6.04 Å². The van der Waals surface area contributed by atoms with Crippen LogP contribution in [-0.2, 0) is 4.79 Å². The topological polar surface area (TPSA) is 115 Å². The molecule has 0 saturated heterocycles.